The van der Waals surface area contributed by atoms with Gasteiger partial charge in [0, 0.05) is 60.6 Å². The molecular formula is C52H60N2O4. The highest BCUT2D eigenvalue weighted by Crippen LogP contribution is 2.38. The number of benzene rings is 6. The van der Waals surface area contributed by atoms with Crippen LogP contribution in [0.5, 0.6) is 0 Å². The minimum Gasteiger partial charge on any atom is -0.396 e. The van der Waals surface area contributed by atoms with Gasteiger partial charge in [-0.1, -0.05) is 110 Å². The standard InChI is InChI=1S/C52H60N2O4/c1-41-11-23-47(24-12-41)53(49-27-15-43(16-28-49)39-57-37-9-5-3-7-35-55)51-31-19-45(20-32-51)46-21-33-52(34-22-46)54(48-25-13-42(2)14-26-48)50-29-17-44(18-30-50)40-58-38-10-6-4-8-36-56/h11-34,55-56H,3-10,35-40H2,1-2H3. The van der Waals surface area contributed by atoms with Crippen molar-refractivity contribution in [3.63, 3.8) is 0 Å². The Hall–Kier alpha value is -5.24. The second kappa shape index (κ2) is 22.6. The summed E-state index contributed by atoms with van der Waals surface area (Å²) in [6.45, 7) is 7.44. The first kappa shape index (κ1) is 42.4. The number of aliphatic hydroxyl groups is 2. The van der Waals surface area contributed by atoms with Gasteiger partial charge in [-0.05, 0) is 135 Å². The summed E-state index contributed by atoms with van der Waals surface area (Å²) >= 11 is 0. The second-order valence-electron chi connectivity index (χ2n) is 15.1. The smallest absolute Gasteiger partial charge is 0.0716 e. The first-order valence-corrected chi connectivity index (χ1v) is 21.0. The Bertz CT molecular complexity index is 1890. The summed E-state index contributed by atoms with van der Waals surface area (Å²) in [4.78, 5) is 4.60. The van der Waals surface area contributed by atoms with E-state index in [1.54, 1.807) is 0 Å². The molecule has 0 bridgehead atoms. The van der Waals surface area contributed by atoms with Crippen LogP contribution < -0.4 is 9.80 Å². The van der Waals surface area contributed by atoms with Crippen molar-refractivity contribution < 1.29 is 19.7 Å². The molecule has 6 heteroatoms. The summed E-state index contributed by atoms with van der Waals surface area (Å²) in [5.41, 5.74) is 13.7. The van der Waals surface area contributed by atoms with E-state index in [1.165, 1.54) is 11.1 Å². The van der Waals surface area contributed by atoms with Gasteiger partial charge < -0.3 is 29.5 Å². The lowest BCUT2D eigenvalue weighted by Gasteiger charge is -2.26. The zero-order chi connectivity index (χ0) is 40.4. The van der Waals surface area contributed by atoms with Crippen molar-refractivity contribution >= 4 is 34.1 Å². The van der Waals surface area contributed by atoms with Gasteiger partial charge in [0.25, 0.3) is 0 Å². The van der Waals surface area contributed by atoms with Crippen LogP contribution in [0.3, 0.4) is 0 Å². The lowest BCUT2D eigenvalue weighted by molar-refractivity contribution is 0.116. The third kappa shape index (κ3) is 12.4. The molecule has 0 radical (unpaired) electrons. The molecule has 0 aliphatic rings. The summed E-state index contributed by atoms with van der Waals surface area (Å²) in [6, 6.07) is 52.4. The number of rotatable bonds is 23. The molecule has 2 N–H and O–H groups in total. The van der Waals surface area contributed by atoms with E-state index in [0.29, 0.717) is 13.2 Å². The highest BCUT2D eigenvalue weighted by atomic mass is 16.5. The minimum absolute atomic E-state index is 0.267. The first-order chi connectivity index (χ1) is 28.5. The van der Waals surface area contributed by atoms with Crippen LogP contribution in [0.1, 0.15) is 73.6 Å². The Morgan fingerprint density at radius 2 is 0.621 bits per heavy atom. The van der Waals surface area contributed by atoms with E-state index in [-0.39, 0.29) is 13.2 Å². The summed E-state index contributed by atoms with van der Waals surface area (Å²) in [6.07, 6.45) is 8.04. The van der Waals surface area contributed by atoms with Gasteiger partial charge in [-0.2, -0.15) is 0 Å². The van der Waals surface area contributed by atoms with Gasteiger partial charge in [-0.15, -0.1) is 0 Å². The average Bonchev–Trinajstić information content (AvgIpc) is 3.26. The Labute approximate surface area is 346 Å². The summed E-state index contributed by atoms with van der Waals surface area (Å²) in [5, 5.41) is 18.0. The SMILES string of the molecule is Cc1ccc(N(c2ccc(COCCCCCCO)cc2)c2ccc(-c3ccc(N(c4ccc(C)cc4)c4ccc(COCCCCCCO)cc4)cc3)cc2)cc1. The molecule has 6 nitrogen and oxygen atoms in total. The molecule has 302 valence electrons. The fourth-order valence-electron chi connectivity index (χ4n) is 7.09. The van der Waals surface area contributed by atoms with Crippen molar-refractivity contribution in [3.05, 3.63) is 168 Å². The Morgan fingerprint density at radius 3 is 0.931 bits per heavy atom. The average molecular weight is 777 g/mol. The normalized spacial score (nSPS) is 11.2. The number of ether oxygens (including phenoxy) is 2. The van der Waals surface area contributed by atoms with Crippen molar-refractivity contribution in [2.24, 2.45) is 0 Å². The summed E-state index contributed by atoms with van der Waals surface area (Å²) in [5.74, 6) is 0. The van der Waals surface area contributed by atoms with Crippen LogP contribution >= 0.6 is 0 Å². The number of aliphatic hydroxyl groups excluding tert-OH is 2. The molecule has 0 fully saturated rings. The van der Waals surface area contributed by atoms with Gasteiger partial charge in [-0.3, -0.25) is 0 Å². The van der Waals surface area contributed by atoms with Gasteiger partial charge in [-0.25, -0.2) is 0 Å². The maximum absolute atomic E-state index is 8.99. The molecule has 0 atom stereocenters. The van der Waals surface area contributed by atoms with Crippen LogP contribution in [0.4, 0.5) is 34.1 Å². The lowest BCUT2D eigenvalue weighted by Crippen LogP contribution is -2.10. The number of nitrogens with zero attached hydrogens (tertiary/aromatic N) is 2. The molecular weight excluding hydrogens is 717 g/mol. The van der Waals surface area contributed by atoms with Crippen molar-refractivity contribution in [2.75, 3.05) is 36.2 Å². The minimum atomic E-state index is 0.267. The van der Waals surface area contributed by atoms with Crippen molar-refractivity contribution in [2.45, 2.75) is 78.4 Å². The molecule has 0 aromatic heterocycles. The summed E-state index contributed by atoms with van der Waals surface area (Å²) in [7, 11) is 0. The third-order valence-corrected chi connectivity index (χ3v) is 10.5. The van der Waals surface area contributed by atoms with Gasteiger partial charge in [0.1, 0.15) is 0 Å². The van der Waals surface area contributed by atoms with Crippen LogP contribution in [0.15, 0.2) is 146 Å². The third-order valence-electron chi connectivity index (χ3n) is 10.5. The quantitative estimate of drug-likeness (QED) is 0.0632. The van der Waals surface area contributed by atoms with Crippen LogP contribution in [0, 0.1) is 13.8 Å². The molecule has 0 unspecified atom stereocenters. The Morgan fingerprint density at radius 1 is 0.345 bits per heavy atom. The second-order valence-corrected chi connectivity index (χ2v) is 15.1. The van der Waals surface area contributed by atoms with Crippen LogP contribution in [-0.4, -0.2) is 36.6 Å². The fraction of sp³-hybridized carbons (Fsp3) is 0.308. The Kier molecular flexibility index (Phi) is 16.5. The zero-order valence-corrected chi connectivity index (χ0v) is 34.4. The van der Waals surface area contributed by atoms with Gasteiger partial charge in [0.05, 0.1) is 13.2 Å². The van der Waals surface area contributed by atoms with Crippen LogP contribution in [0.25, 0.3) is 11.1 Å². The molecule has 0 saturated carbocycles. The topological polar surface area (TPSA) is 65.4 Å². The van der Waals surface area contributed by atoms with Gasteiger partial charge >= 0.3 is 0 Å². The Balaban J connectivity index is 1.16. The molecule has 0 heterocycles. The van der Waals surface area contributed by atoms with E-state index in [2.05, 4.69) is 169 Å². The van der Waals surface area contributed by atoms with Crippen molar-refractivity contribution in [1.29, 1.82) is 0 Å². The zero-order valence-electron chi connectivity index (χ0n) is 34.4. The predicted molar refractivity (Wildman–Crippen MR) is 241 cm³/mol. The number of anilines is 6. The van der Waals surface area contributed by atoms with Crippen LogP contribution in [0.2, 0.25) is 0 Å². The lowest BCUT2D eigenvalue weighted by atomic mass is 10.0. The van der Waals surface area contributed by atoms with Gasteiger partial charge in [0.2, 0.25) is 0 Å². The summed E-state index contributed by atoms with van der Waals surface area (Å²) < 4.78 is 11.9. The number of aryl methyl sites for hydroxylation is 2. The van der Waals surface area contributed by atoms with E-state index >= 15 is 0 Å². The number of unbranched alkanes of at least 4 members (excludes halogenated alkanes) is 6. The monoisotopic (exact) mass is 776 g/mol. The van der Waals surface area contributed by atoms with Crippen LogP contribution in [-0.2, 0) is 22.7 Å². The molecule has 6 aromatic rings. The molecule has 0 spiro atoms. The first-order valence-electron chi connectivity index (χ1n) is 21.0. The molecule has 6 rings (SSSR count). The van der Waals surface area contributed by atoms with E-state index in [4.69, 9.17) is 19.7 Å². The molecule has 58 heavy (non-hydrogen) atoms. The van der Waals surface area contributed by atoms with E-state index in [1.807, 2.05) is 0 Å². The molecule has 0 aliphatic heterocycles. The van der Waals surface area contributed by atoms with E-state index in [9.17, 15) is 0 Å². The predicted octanol–water partition coefficient (Wildman–Crippen LogP) is 13.0. The van der Waals surface area contributed by atoms with Crippen molar-refractivity contribution in [1.82, 2.24) is 0 Å². The highest BCUT2D eigenvalue weighted by molar-refractivity contribution is 5.81. The van der Waals surface area contributed by atoms with Crippen molar-refractivity contribution in [3.8, 4) is 11.1 Å². The maximum Gasteiger partial charge on any atom is 0.0716 e. The largest absolute Gasteiger partial charge is 0.396 e. The number of hydrogen-bond donors (Lipinski definition) is 2. The molecule has 6 aromatic carbocycles. The highest BCUT2D eigenvalue weighted by Gasteiger charge is 2.15. The molecule has 0 saturated heterocycles. The molecule has 0 amide bonds. The van der Waals surface area contributed by atoms with E-state index < -0.39 is 0 Å². The fourth-order valence-corrected chi connectivity index (χ4v) is 7.09. The van der Waals surface area contributed by atoms with Gasteiger partial charge in [0.15, 0.2) is 0 Å². The maximum atomic E-state index is 8.99. The molecule has 0 aliphatic carbocycles. The van der Waals surface area contributed by atoms with E-state index in [0.717, 1.165) is 121 Å². The number of hydrogen-bond acceptors (Lipinski definition) is 6.